The van der Waals surface area contributed by atoms with Crippen molar-refractivity contribution in [1.29, 1.82) is 0 Å². The van der Waals surface area contributed by atoms with Crippen LogP contribution in [0.4, 0.5) is 0 Å². The number of esters is 1. The van der Waals surface area contributed by atoms with E-state index in [9.17, 15) is 4.79 Å². The Labute approximate surface area is 154 Å². The molecule has 1 N–H and O–H groups in total. The molecule has 0 radical (unpaired) electrons. The van der Waals surface area contributed by atoms with Crippen LogP contribution in [0, 0.1) is 10.7 Å². The lowest BCUT2D eigenvalue weighted by Gasteiger charge is -2.09. The van der Waals surface area contributed by atoms with Crippen LogP contribution < -0.4 is 5.32 Å². The van der Waals surface area contributed by atoms with Gasteiger partial charge in [0.25, 0.3) is 0 Å². The molecule has 0 saturated carbocycles. The van der Waals surface area contributed by atoms with E-state index in [1.165, 1.54) is 0 Å². The monoisotopic (exact) mass is 597 g/mol. The van der Waals surface area contributed by atoms with Crippen molar-refractivity contribution in [2.24, 2.45) is 0 Å². The molecule has 0 saturated heterocycles. The highest BCUT2D eigenvalue weighted by molar-refractivity contribution is 14.1. The van der Waals surface area contributed by atoms with Crippen LogP contribution in [0.1, 0.15) is 16.8 Å². The van der Waals surface area contributed by atoms with E-state index in [1.807, 2.05) is 18.2 Å². The number of hydrogen-bond acceptors (Lipinski definition) is 3. The second kappa shape index (κ2) is 9.50. The molecule has 0 amide bonds. The standard InChI is InChI=1S/C13H14I3NO2/c1-2-3-4-17-5-6-19-13(18)10-7-9(14)8-11(15)12(10)16/h2,7-8,17H,1,3-6H2. The van der Waals surface area contributed by atoms with Crippen LogP contribution in [0.25, 0.3) is 0 Å². The number of nitrogens with one attached hydrogen (secondary N) is 1. The molecule has 1 aromatic carbocycles. The molecule has 0 aliphatic heterocycles. The van der Waals surface area contributed by atoms with Crippen molar-refractivity contribution < 1.29 is 9.53 Å². The summed E-state index contributed by atoms with van der Waals surface area (Å²) in [5.41, 5.74) is 0.642. The molecule has 0 atom stereocenters. The molecular formula is C13H14I3NO2. The van der Waals surface area contributed by atoms with Gasteiger partial charge in [-0.05, 0) is 92.9 Å². The molecule has 104 valence electrons. The summed E-state index contributed by atoms with van der Waals surface area (Å²) in [4.78, 5) is 12.0. The Bertz CT molecular complexity index is 463. The first kappa shape index (κ1) is 17.6. The molecule has 0 aromatic heterocycles. The molecule has 3 nitrogen and oxygen atoms in total. The summed E-state index contributed by atoms with van der Waals surface area (Å²) in [5.74, 6) is -0.258. The van der Waals surface area contributed by atoms with Gasteiger partial charge in [0.15, 0.2) is 0 Å². The average Bonchev–Trinajstić information content (AvgIpc) is 2.37. The van der Waals surface area contributed by atoms with Crippen molar-refractivity contribution in [3.05, 3.63) is 41.1 Å². The van der Waals surface area contributed by atoms with E-state index in [4.69, 9.17) is 4.74 Å². The third-order valence-electron chi connectivity index (χ3n) is 2.25. The third-order valence-corrected chi connectivity index (χ3v) is 5.92. The predicted molar refractivity (Wildman–Crippen MR) is 103 cm³/mol. The molecule has 0 aliphatic carbocycles. The Morgan fingerprint density at radius 1 is 1.32 bits per heavy atom. The summed E-state index contributed by atoms with van der Waals surface area (Å²) >= 11 is 6.61. The number of carbonyl (C=O) groups is 1. The van der Waals surface area contributed by atoms with Crippen LogP contribution in [0.5, 0.6) is 0 Å². The molecule has 0 aliphatic rings. The molecule has 0 spiro atoms. The normalized spacial score (nSPS) is 10.3. The van der Waals surface area contributed by atoms with Crippen LogP contribution in [0.2, 0.25) is 0 Å². The van der Waals surface area contributed by atoms with Crippen molar-refractivity contribution in [1.82, 2.24) is 5.32 Å². The van der Waals surface area contributed by atoms with Crippen molar-refractivity contribution in [2.45, 2.75) is 6.42 Å². The van der Waals surface area contributed by atoms with Crippen LogP contribution in [0.3, 0.4) is 0 Å². The highest BCUT2D eigenvalue weighted by Crippen LogP contribution is 2.23. The highest BCUT2D eigenvalue weighted by Gasteiger charge is 2.14. The fourth-order valence-electron chi connectivity index (χ4n) is 1.33. The van der Waals surface area contributed by atoms with E-state index in [2.05, 4.69) is 79.7 Å². The lowest BCUT2D eigenvalue weighted by molar-refractivity contribution is 0.0507. The maximum absolute atomic E-state index is 12.0. The molecule has 0 heterocycles. The molecule has 0 fully saturated rings. The van der Waals surface area contributed by atoms with E-state index in [0.717, 1.165) is 23.7 Å². The van der Waals surface area contributed by atoms with Gasteiger partial charge in [0.05, 0.1) is 5.56 Å². The fourth-order valence-corrected chi connectivity index (χ4v) is 3.70. The molecule has 0 bridgehead atoms. The van der Waals surface area contributed by atoms with Crippen LogP contribution in [-0.4, -0.2) is 25.7 Å². The van der Waals surface area contributed by atoms with Crippen molar-refractivity contribution in [3.8, 4) is 0 Å². The van der Waals surface area contributed by atoms with E-state index < -0.39 is 0 Å². The zero-order valence-corrected chi connectivity index (χ0v) is 16.7. The largest absolute Gasteiger partial charge is 0.461 e. The van der Waals surface area contributed by atoms with Gasteiger partial charge in [0, 0.05) is 17.3 Å². The van der Waals surface area contributed by atoms with Crippen LogP contribution >= 0.6 is 67.8 Å². The minimum absolute atomic E-state index is 0.258. The Balaban J connectivity index is 2.48. The van der Waals surface area contributed by atoms with E-state index in [-0.39, 0.29) is 5.97 Å². The number of halogens is 3. The maximum atomic E-state index is 12.0. The predicted octanol–water partition coefficient (Wildman–Crippen LogP) is 3.82. The Morgan fingerprint density at radius 2 is 2.05 bits per heavy atom. The maximum Gasteiger partial charge on any atom is 0.339 e. The second-order valence-electron chi connectivity index (χ2n) is 3.71. The van der Waals surface area contributed by atoms with E-state index >= 15 is 0 Å². The first-order valence-electron chi connectivity index (χ1n) is 5.69. The van der Waals surface area contributed by atoms with Gasteiger partial charge in [-0.1, -0.05) is 6.08 Å². The van der Waals surface area contributed by atoms with Gasteiger partial charge in [0.1, 0.15) is 6.61 Å². The molecule has 1 aromatic rings. The summed E-state index contributed by atoms with van der Waals surface area (Å²) in [7, 11) is 0. The summed E-state index contributed by atoms with van der Waals surface area (Å²) in [5, 5.41) is 3.18. The topological polar surface area (TPSA) is 38.3 Å². The van der Waals surface area contributed by atoms with Crippen LogP contribution in [0.15, 0.2) is 24.8 Å². The Hall–Kier alpha value is 0.580. The number of carbonyl (C=O) groups excluding carboxylic acids is 1. The average molecular weight is 597 g/mol. The summed E-state index contributed by atoms with van der Waals surface area (Å²) in [6.45, 7) is 5.55. The SMILES string of the molecule is C=CCCNCCOC(=O)c1cc(I)cc(I)c1I. The number of rotatable bonds is 7. The number of benzene rings is 1. The quantitative estimate of drug-likeness (QED) is 0.171. The summed E-state index contributed by atoms with van der Waals surface area (Å²) in [6, 6.07) is 3.90. The zero-order valence-electron chi connectivity index (χ0n) is 10.2. The molecule has 6 heteroatoms. The minimum atomic E-state index is -0.258. The van der Waals surface area contributed by atoms with Crippen LogP contribution in [-0.2, 0) is 4.74 Å². The van der Waals surface area contributed by atoms with Gasteiger partial charge in [-0.25, -0.2) is 4.79 Å². The Morgan fingerprint density at radius 3 is 2.74 bits per heavy atom. The summed E-state index contributed by atoms with van der Waals surface area (Å²) < 4.78 is 8.32. The van der Waals surface area contributed by atoms with Gasteiger partial charge in [-0.3, -0.25) is 0 Å². The van der Waals surface area contributed by atoms with Gasteiger partial charge in [-0.15, -0.1) is 6.58 Å². The number of hydrogen-bond donors (Lipinski definition) is 1. The minimum Gasteiger partial charge on any atom is -0.461 e. The van der Waals surface area contributed by atoms with Gasteiger partial charge in [-0.2, -0.15) is 0 Å². The molecule has 1 rings (SSSR count). The van der Waals surface area contributed by atoms with Gasteiger partial charge >= 0.3 is 5.97 Å². The molecule has 19 heavy (non-hydrogen) atoms. The first-order valence-corrected chi connectivity index (χ1v) is 8.93. The third kappa shape index (κ3) is 6.25. The van der Waals surface area contributed by atoms with E-state index in [1.54, 1.807) is 0 Å². The van der Waals surface area contributed by atoms with Crippen molar-refractivity contribution >= 4 is 73.7 Å². The number of ether oxygens (including phenoxy) is 1. The highest BCUT2D eigenvalue weighted by atomic mass is 127. The van der Waals surface area contributed by atoms with Crippen molar-refractivity contribution in [3.63, 3.8) is 0 Å². The van der Waals surface area contributed by atoms with Gasteiger partial charge < -0.3 is 10.1 Å². The lowest BCUT2D eigenvalue weighted by Crippen LogP contribution is -2.22. The summed E-state index contributed by atoms with van der Waals surface area (Å²) in [6.07, 6.45) is 2.77. The molecule has 0 unspecified atom stereocenters. The smallest absolute Gasteiger partial charge is 0.339 e. The Kier molecular flexibility index (Phi) is 8.82. The van der Waals surface area contributed by atoms with Crippen molar-refractivity contribution in [2.75, 3.05) is 19.7 Å². The fraction of sp³-hybridized carbons (Fsp3) is 0.308. The first-order chi connectivity index (χ1) is 9.06. The van der Waals surface area contributed by atoms with E-state index in [0.29, 0.717) is 18.7 Å². The molecular weight excluding hydrogens is 583 g/mol. The second-order valence-corrected chi connectivity index (χ2v) is 7.20. The zero-order chi connectivity index (χ0) is 14.3. The lowest BCUT2D eigenvalue weighted by atomic mass is 10.2. The van der Waals surface area contributed by atoms with Gasteiger partial charge in [0.2, 0.25) is 0 Å².